The summed E-state index contributed by atoms with van der Waals surface area (Å²) in [6.07, 6.45) is 0.251. The molecule has 0 aliphatic heterocycles. The molecule has 0 saturated heterocycles. The lowest BCUT2D eigenvalue weighted by atomic mass is 10.1. The van der Waals surface area contributed by atoms with E-state index in [-0.39, 0.29) is 12.1 Å². The van der Waals surface area contributed by atoms with Gasteiger partial charge in [-0.15, -0.1) is 0 Å². The number of urea groups is 1. The molecule has 1 atom stereocenters. The van der Waals surface area contributed by atoms with E-state index in [0.717, 1.165) is 0 Å². The zero-order chi connectivity index (χ0) is 16.2. The van der Waals surface area contributed by atoms with Crippen LogP contribution < -0.4 is 10.6 Å². The monoisotopic (exact) mass is 295 g/mol. The molecule has 3 N–H and O–H groups in total. The maximum Gasteiger partial charge on any atom is 0.326 e. The number of hydrogen-bond donors (Lipinski definition) is 3. The first-order valence-electron chi connectivity index (χ1n) is 6.32. The fourth-order valence-corrected chi connectivity index (χ4v) is 1.79. The Bertz CT molecular complexity index is 585. The molecule has 0 radical (unpaired) electrons. The number of aliphatic carboxylic acids is 1. The highest BCUT2D eigenvalue weighted by atomic mass is 16.6. The van der Waals surface area contributed by atoms with Crippen LogP contribution in [0.2, 0.25) is 0 Å². The summed E-state index contributed by atoms with van der Waals surface area (Å²) in [6.45, 7) is 4.82. The summed E-state index contributed by atoms with van der Waals surface area (Å²) in [6, 6.07) is 1.19. The molecule has 1 aromatic rings. The molecular formula is C13H17N3O5. The number of hydrogen-bond acceptors (Lipinski definition) is 4. The summed E-state index contributed by atoms with van der Waals surface area (Å²) in [4.78, 5) is 32.9. The summed E-state index contributed by atoms with van der Waals surface area (Å²) in [5, 5.41) is 24.5. The summed E-state index contributed by atoms with van der Waals surface area (Å²) in [7, 11) is 0. The number of anilines is 1. The molecule has 1 rings (SSSR count). The third-order valence-electron chi connectivity index (χ3n) is 3.00. The van der Waals surface area contributed by atoms with Crippen LogP contribution in [0.5, 0.6) is 0 Å². The molecule has 0 fully saturated rings. The first kappa shape index (κ1) is 16.4. The number of benzene rings is 1. The van der Waals surface area contributed by atoms with E-state index in [0.29, 0.717) is 16.8 Å². The number of nitro groups is 1. The molecule has 0 aliphatic carbocycles. The number of carbonyl (C=O) groups is 2. The van der Waals surface area contributed by atoms with Crippen LogP contribution in [0.1, 0.15) is 24.5 Å². The van der Waals surface area contributed by atoms with Crippen molar-refractivity contribution in [2.75, 3.05) is 5.32 Å². The van der Waals surface area contributed by atoms with E-state index in [1.54, 1.807) is 20.8 Å². The van der Waals surface area contributed by atoms with E-state index in [9.17, 15) is 19.7 Å². The van der Waals surface area contributed by atoms with Crippen LogP contribution in [0.15, 0.2) is 12.1 Å². The Balaban J connectivity index is 2.88. The number of rotatable bonds is 5. The molecular weight excluding hydrogens is 278 g/mol. The first-order valence-corrected chi connectivity index (χ1v) is 6.32. The topological polar surface area (TPSA) is 122 Å². The van der Waals surface area contributed by atoms with Crippen LogP contribution in [0, 0.1) is 24.0 Å². The van der Waals surface area contributed by atoms with Gasteiger partial charge in [0, 0.05) is 17.3 Å². The van der Waals surface area contributed by atoms with Crippen LogP contribution >= 0.6 is 0 Å². The van der Waals surface area contributed by atoms with Crippen molar-refractivity contribution in [3.05, 3.63) is 33.4 Å². The Labute approximate surface area is 121 Å². The van der Waals surface area contributed by atoms with Gasteiger partial charge in [0.25, 0.3) is 5.69 Å². The molecule has 1 aromatic carbocycles. The predicted molar refractivity (Wildman–Crippen MR) is 76.4 cm³/mol. The van der Waals surface area contributed by atoms with Crippen LogP contribution in [0.25, 0.3) is 0 Å². The SMILES string of the molecule is CC[C@H](NC(=O)Nc1cc(C)c([N+](=O)[O-])cc1C)C(=O)O. The molecule has 0 heterocycles. The largest absolute Gasteiger partial charge is 0.480 e. The number of carbonyl (C=O) groups excluding carboxylic acids is 1. The van der Waals surface area contributed by atoms with Gasteiger partial charge in [0.05, 0.1) is 4.92 Å². The molecule has 0 bridgehead atoms. The van der Waals surface area contributed by atoms with E-state index in [4.69, 9.17) is 5.11 Å². The summed E-state index contributed by atoms with van der Waals surface area (Å²) >= 11 is 0. The van der Waals surface area contributed by atoms with Crippen molar-refractivity contribution < 1.29 is 19.6 Å². The van der Waals surface area contributed by atoms with Crippen molar-refractivity contribution in [1.29, 1.82) is 0 Å². The number of carboxylic acid groups (broad SMARTS) is 1. The average Bonchev–Trinajstić information content (AvgIpc) is 2.39. The van der Waals surface area contributed by atoms with Gasteiger partial charge >= 0.3 is 12.0 Å². The highest BCUT2D eigenvalue weighted by molar-refractivity contribution is 5.93. The van der Waals surface area contributed by atoms with Gasteiger partial charge in [0.15, 0.2) is 0 Å². The number of nitrogens with one attached hydrogen (secondary N) is 2. The van der Waals surface area contributed by atoms with Crippen molar-refractivity contribution in [2.24, 2.45) is 0 Å². The second kappa shape index (κ2) is 6.69. The molecule has 8 nitrogen and oxygen atoms in total. The minimum absolute atomic E-state index is 0.0320. The fraction of sp³-hybridized carbons (Fsp3) is 0.385. The van der Waals surface area contributed by atoms with Gasteiger partial charge in [0.2, 0.25) is 0 Å². The molecule has 0 unspecified atom stereocenters. The quantitative estimate of drug-likeness (QED) is 0.567. The van der Waals surface area contributed by atoms with Gasteiger partial charge in [-0.2, -0.15) is 0 Å². The minimum Gasteiger partial charge on any atom is -0.480 e. The molecule has 2 amide bonds. The molecule has 0 spiro atoms. The van der Waals surface area contributed by atoms with Crippen molar-refractivity contribution in [2.45, 2.75) is 33.2 Å². The van der Waals surface area contributed by atoms with Crippen LogP contribution in [-0.4, -0.2) is 28.1 Å². The van der Waals surface area contributed by atoms with E-state index in [1.807, 2.05) is 0 Å². The Morgan fingerprint density at radius 1 is 1.33 bits per heavy atom. The van der Waals surface area contributed by atoms with Gasteiger partial charge in [0.1, 0.15) is 6.04 Å². The number of nitrogens with zero attached hydrogens (tertiary/aromatic N) is 1. The standard InChI is InChI=1S/C13H17N3O5/c1-4-9(12(17)18)14-13(19)15-10-5-8(3)11(16(20)21)6-7(10)2/h5-6,9H,4H2,1-3H3,(H,17,18)(H2,14,15,19)/t9-/m0/s1. The molecule has 0 aromatic heterocycles. The number of carboxylic acids is 1. The zero-order valence-corrected chi connectivity index (χ0v) is 12.0. The molecule has 21 heavy (non-hydrogen) atoms. The first-order chi connectivity index (χ1) is 9.76. The smallest absolute Gasteiger partial charge is 0.326 e. The Kier molecular flexibility index (Phi) is 5.23. The average molecular weight is 295 g/mol. The minimum atomic E-state index is -1.12. The number of nitro benzene ring substituents is 1. The summed E-state index contributed by atoms with van der Waals surface area (Å²) in [5.74, 6) is -1.12. The third-order valence-corrected chi connectivity index (χ3v) is 3.00. The number of amides is 2. The third kappa shape index (κ3) is 4.16. The molecule has 114 valence electrons. The molecule has 0 aliphatic rings. The lowest BCUT2D eigenvalue weighted by molar-refractivity contribution is -0.385. The van der Waals surface area contributed by atoms with Crippen LogP contribution in [0.4, 0.5) is 16.2 Å². The van der Waals surface area contributed by atoms with Crippen LogP contribution in [0.3, 0.4) is 0 Å². The second-order valence-electron chi connectivity index (χ2n) is 4.61. The van der Waals surface area contributed by atoms with Crippen LogP contribution in [-0.2, 0) is 4.79 Å². The van der Waals surface area contributed by atoms with Gasteiger partial charge in [-0.3, -0.25) is 10.1 Å². The lowest BCUT2D eigenvalue weighted by Crippen LogP contribution is -2.42. The maximum atomic E-state index is 11.7. The predicted octanol–water partition coefficient (Wildman–Crippen LogP) is 2.20. The van der Waals surface area contributed by atoms with E-state index in [1.165, 1.54) is 12.1 Å². The lowest BCUT2D eigenvalue weighted by Gasteiger charge is -2.14. The van der Waals surface area contributed by atoms with Crippen molar-refractivity contribution in [3.8, 4) is 0 Å². The normalized spacial score (nSPS) is 11.6. The van der Waals surface area contributed by atoms with Gasteiger partial charge < -0.3 is 15.7 Å². The highest BCUT2D eigenvalue weighted by Gasteiger charge is 2.19. The highest BCUT2D eigenvalue weighted by Crippen LogP contribution is 2.25. The Morgan fingerprint density at radius 3 is 2.43 bits per heavy atom. The Morgan fingerprint density at radius 2 is 1.95 bits per heavy atom. The van der Waals surface area contributed by atoms with E-state index < -0.39 is 23.0 Å². The second-order valence-corrected chi connectivity index (χ2v) is 4.61. The Hall–Kier alpha value is -2.64. The summed E-state index contributed by atoms with van der Waals surface area (Å²) < 4.78 is 0. The van der Waals surface area contributed by atoms with Gasteiger partial charge in [-0.05, 0) is 31.9 Å². The molecule has 0 saturated carbocycles. The van der Waals surface area contributed by atoms with E-state index >= 15 is 0 Å². The van der Waals surface area contributed by atoms with Crippen molar-refractivity contribution in [3.63, 3.8) is 0 Å². The van der Waals surface area contributed by atoms with Gasteiger partial charge in [-0.25, -0.2) is 9.59 Å². The summed E-state index contributed by atoms with van der Waals surface area (Å²) in [5.41, 5.74) is 1.29. The molecule has 8 heteroatoms. The zero-order valence-electron chi connectivity index (χ0n) is 12.0. The fourth-order valence-electron chi connectivity index (χ4n) is 1.79. The van der Waals surface area contributed by atoms with Gasteiger partial charge in [-0.1, -0.05) is 6.92 Å². The van der Waals surface area contributed by atoms with Crippen molar-refractivity contribution in [1.82, 2.24) is 5.32 Å². The van der Waals surface area contributed by atoms with Crippen molar-refractivity contribution >= 4 is 23.4 Å². The number of aryl methyl sites for hydroxylation is 2. The maximum absolute atomic E-state index is 11.7. The van der Waals surface area contributed by atoms with E-state index in [2.05, 4.69) is 10.6 Å².